The Kier molecular flexibility index (Phi) is 6.32. The molecule has 0 saturated carbocycles. The molecule has 0 saturated heterocycles. The minimum absolute atomic E-state index is 0.0518. The minimum Gasteiger partial charge on any atom is -0.495 e. The SMILES string of the molecule is CCCc1cc(-c2nc(-c3ccc(NS(=O)(=O)C(F)(F)F)c(OC)c3)cs2)ccn1. The van der Waals surface area contributed by atoms with Crippen LogP contribution in [0.2, 0.25) is 0 Å². The molecule has 0 bridgehead atoms. The third-order valence-electron chi connectivity index (χ3n) is 4.12. The number of aryl methyl sites for hydroxylation is 1. The van der Waals surface area contributed by atoms with Crippen LogP contribution in [0, 0.1) is 0 Å². The van der Waals surface area contributed by atoms with Crippen molar-refractivity contribution in [2.24, 2.45) is 0 Å². The van der Waals surface area contributed by atoms with Gasteiger partial charge in [-0.1, -0.05) is 19.4 Å². The number of anilines is 1. The molecule has 2 heterocycles. The van der Waals surface area contributed by atoms with Crippen LogP contribution < -0.4 is 9.46 Å². The Morgan fingerprint density at radius 2 is 1.93 bits per heavy atom. The number of ether oxygens (including phenoxy) is 1. The van der Waals surface area contributed by atoms with Gasteiger partial charge >= 0.3 is 15.5 Å². The molecular weight excluding hydrogens is 439 g/mol. The third-order valence-corrected chi connectivity index (χ3v) is 6.11. The van der Waals surface area contributed by atoms with Gasteiger partial charge in [-0.3, -0.25) is 9.71 Å². The highest BCUT2D eigenvalue weighted by Crippen LogP contribution is 2.35. The zero-order valence-corrected chi connectivity index (χ0v) is 17.7. The number of sulfonamides is 1. The van der Waals surface area contributed by atoms with Gasteiger partial charge in [0.15, 0.2) is 0 Å². The first-order valence-corrected chi connectivity index (χ1v) is 11.2. The molecule has 30 heavy (non-hydrogen) atoms. The van der Waals surface area contributed by atoms with Crippen molar-refractivity contribution in [1.29, 1.82) is 0 Å². The van der Waals surface area contributed by atoms with E-state index in [0.29, 0.717) is 11.3 Å². The predicted molar refractivity (Wildman–Crippen MR) is 110 cm³/mol. The van der Waals surface area contributed by atoms with Crippen LogP contribution in [0.1, 0.15) is 19.0 Å². The second kappa shape index (κ2) is 8.60. The van der Waals surface area contributed by atoms with Crippen molar-refractivity contribution in [3.8, 4) is 27.6 Å². The largest absolute Gasteiger partial charge is 0.516 e. The summed E-state index contributed by atoms with van der Waals surface area (Å²) in [6.07, 6.45) is 3.56. The summed E-state index contributed by atoms with van der Waals surface area (Å²) in [5.41, 5.74) is -2.69. The molecule has 0 unspecified atom stereocenters. The topological polar surface area (TPSA) is 81.2 Å². The maximum Gasteiger partial charge on any atom is 0.516 e. The molecule has 0 spiro atoms. The summed E-state index contributed by atoms with van der Waals surface area (Å²) in [4.78, 5) is 8.91. The third kappa shape index (κ3) is 4.73. The molecule has 0 aliphatic carbocycles. The highest BCUT2D eigenvalue weighted by atomic mass is 32.2. The minimum atomic E-state index is -5.55. The molecule has 0 aliphatic heterocycles. The number of alkyl halides is 3. The summed E-state index contributed by atoms with van der Waals surface area (Å²) in [5.74, 6) is -0.0518. The van der Waals surface area contributed by atoms with Gasteiger partial charge in [0.2, 0.25) is 0 Å². The maximum atomic E-state index is 12.6. The molecule has 11 heteroatoms. The highest BCUT2D eigenvalue weighted by molar-refractivity contribution is 7.93. The first-order valence-electron chi connectivity index (χ1n) is 8.83. The van der Waals surface area contributed by atoms with E-state index in [1.807, 2.05) is 17.5 Å². The Hall–Kier alpha value is -2.66. The van der Waals surface area contributed by atoms with Gasteiger partial charge in [-0.25, -0.2) is 4.98 Å². The van der Waals surface area contributed by atoms with Crippen LogP contribution in [0.3, 0.4) is 0 Å². The number of nitrogens with zero attached hydrogens (tertiary/aromatic N) is 2. The molecule has 1 N–H and O–H groups in total. The van der Waals surface area contributed by atoms with Crippen molar-refractivity contribution in [3.63, 3.8) is 0 Å². The van der Waals surface area contributed by atoms with E-state index in [0.717, 1.165) is 29.1 Å². The summed E-state index contributed by atoms with van der Waals surface area (Å²) in [6.45, 7) is 2.07. The second-order valence-electron chi connectivity index (χ2n) is 6.29. The van der Waals surface area contributed by atoms with Gasteiger partial charge in [0.1, 0.15) is 10.8 Å². The lowest BCUT2D eigenvalue weighted by atomic mass is 10.1. The first-order chi connectivity index (χ1) is 14.1. The lowest BCUT2D eigenvalue weighted by Gasteiger charge is -2.14. The van der Waals surface area contributed by atoms with Crippen LogP contribution in [-0.4, -0.2) is 31.0 Å². The standard InChI is InChI=1S/C19H18F3N3O3S2/c1-3-4-14-9-13(7-8-23-14)18-24-16(11-29-18)12-5-6-15(17(10-12)28-2)25-30(26,27)19(20,21)22/h5-11,25H,3-4H2,1-2H3. The number of thiazole rings is 1. The van der Waals surface area contributed by atoms with Crippen molar-refractivity contribution in [3.05, 3.63) is 47.6 Å². The van der Waals surface area contributed by atoms with Crippen molar-refractivity contribution in [2.45, 2.75) is 25.3 Å². The van der Waals surface area contributed by atoms with Crippen LogP contribution in [-0.2, 0) is 16.4 Å². The first kappa shape index (κ1) is 22.0. The van der Waals surface area contributed by atoms with E-state index in [1.165, 1.54) is 41.4 Å². The molecule has 0 amide bonds. The summed E-state index contributed by atoms with van der Waals surface area (Å²) in [5, 5.41) is 2.58. The van der Waals surface area contributed by atoms with Crippen LogP contribution in [0.15, 0.2) is 41.9 Å². The fourth-order valence-electron chi connectivity index (χ4n) is 2.68. The Balaban J connectivity index is 1.90. The van der Waals surface area contributed by atoms with Crippen LogP contribution in [0.4, 0.5) is 18.9 Å². The average molecular weight is 457 g/mol. The smallest absolute Gasteiger partial charge is 0.495 e. The Labute approximate surface area is 175 Å². The number of pyridine rings is 1. The fourth-order valence-corrected chi connectivity index (χ4v) is 4.08. The Morgan fingerprint density at radius 3 is 2.60 bits per heavy atom. The fraction of sp³-hybridized carbons (Fsp3) is 0.263. The van der Waals surface area contributed by atoms with Gasteiger partial charge in [0.25, 0.3) is 0 Å². The highest BCUT2D eigenvalue weighted by Gasteiger charge is 2.46. The van der Waals surface area contributed by atoms with Crippen LogP contribution in [0.25, 0.3) is 21.8 Å². The summed E-state index contributed by atoms with van der Waals surface area (Å²) < 4.78 is 67.2. The van der Waals surface area contributed by atoms with Crippen molar-refractivity contribution < 1.29 is 26.3 Å². The van der Waals surface area contributed by atoms with E-state index in [1.54, 1.807) is 6.20 Å². The lowest BCUT2D eigenvalue weighted by molar-refractivity contribution is -0.0429. The van der Waals surface area contributed by atoms with Crippen molar-refractivity contribution >= 4 is 27.0 Å². The number of methoxy groups -OCH3 is 1. The normalized spacial score (nSPS) is 12.0. The molecule has 3 aromatic rings. The molecule has 1 aromatic carbocycles. The summed E-state index contributed by atoms with van der Waals surface area (Å²) in [6, 6.07) is 7.95. The quantitative estimate of drug-likeness (QED) is 0.534. The average Bonchev–Trinajstić information content (AvgIpc) is 3.18. The lowest BCUT2D eigenvalue weighted by Crippen LogP contribution is -2.30. The summed E-state index contributed by atoms with van der Waals surface area (Å²) in [7, 11) is -4.31. The van der Waals surface area contributed by atoms with Gasteiger partial charge in [-0.15, -0.1) is 11.3 Å². The number of aromatic nitrogens is 2. The van der Waals surface area contributed by atoms with Crippen LogP contribution >= 0.6 is 11.3 Å². The van der Waals surface area contributed by atoms with Gasteiger partial charge in [0, 0.05) is 28.4 Å². The number of halogens is 3. The van der Waals surface area contributed by atoms with E-state index in [4.69, 9.17) is 4.74 Å². The van der Waals surface area contributed by atoms with E-state index in [9.17, 15) is 21.6 Å². The van der Waals surface area contributed by atoms with Gasteiger partial charge < -0.3 is 4.74 Å². The van der Waals surface area contributed by atoms with E-state index in [-0.39, 0.29) is 11.4 Å². The van der Waals surface area contributed by atoms with Crippen molar-refractivity contribution in [1.82, 2.24) is 9.97 Å². The van der Waals surface area contributed by atoms with E-state index in [2.05, 4.69) is 16.9 Å². The molecular formula is C19H18F3N3O3S2. The number of hydrogen-bond donors (Lipinski definition) is 1. The van der Waals surface area contributed by atoms with Crippen LogP contribution in [0.5, 0.6) is 5.75 Å². The van der Waals surface area contributed by atoms with E-state index < -0.39 is 15.5 Å². The monoisotopic (exact) mass is 457 g/mol. The Morgan fingerprint density at radius 1 is 1.17 bits per heavy atom. The number of nitrogens with one attached hydrogen (secondary N) is 1. The second-order valence-corrected chi connectivity index (χ2v) is 8.82. The molecule has 3 rings (SSSR count). The summed E-state index contributed by atoms with van der Waals surface area (Å²) >= 11 is 1.42. The number of benzene rings is 1. The number of hydrogen-bond acceptors (Lipinski definition) is 6. The Bertz CT molecular complexity index is 1150. The zero-order valence-electron chi connectivity index (χ0n) is 16.0. The maximum absolute atomic E-state index is 12.6. The molecule has 0 radical (unpaired) electrons. The molecule has 160 valence electrons. The zero-order chi connectivity index (χ0) is 21.9. The van der Waals surface area contributed by atoms with Gasteiger partial charge in [-0.05, 0) is 30.7 Å². The molecule has 2 aromatic heterocycles. The molecule has 0 atom stereocenters. The van der Waals surface area contributed by atoms with Gasteiger partial charge in [0.05, 0.1) is 18.5 Å². The van der Waals surface area contributed by atoms with Crippen molar-refractivity contribution in [2.75, 3.05) is 11.8 Å². The molecule has 0 aliphatic rings. The predicted octanol–water partition coefficient (Wildman–Crippen LogP) is 5.09. The molecule has 6 nitrogen and oxygen atoms in total. The van der Waals surface area contributed by atoms with E-state index >= 15 is 0 Å². The van der Waals surface area contributed by atoms with Gasteiger partial charge in [-0.2, -0.15) is 21.6 Å². The number of rotatable bonds is 7. The molecule has 0 fully saturated rings.